The molecular weight excluding hydrogens is 570 g/mol. The van der Waals surface area contributed by atoms with E-state index in [1.165, 1.54) is 74.9 Å². The van der Waals surface area contributed by atoms with E-state index in [0.717, 1.165) is 0 Å². The molecule has 0 aliphatic rings. The zero-order valence-electron chi connectivity index (χ0n) is 20.8. The second kappa shape index (κ2) is 11.9. The molecule has 208 valence electrons. The highest BCUT2D eigenvalue weighted by Gasteiger charge is 2.18. The average Bonchev–Trinajstić information content (AvgIpc) is 3.41. The number of sulfonamides is 1. The van der Waals surface area contributed by atoms with Gasteiger partial charge in [0.15, 0.2) is 11.6 Å². The first-order valence-electron chi connectivity index (χ1n) is 11.1. The molecule has 4 rings (SSSR count). The van der Waals surface area contributed by atoms with Gasteiger partial charge < -0.3 is 23.9 Å². The number of furan rings is 1. The van der Waals surface area contributed by atoms with Crippen LogP contribution in [0.15, 0.2) is 70.0 Å². The normalized spacial score (nSPS) is 11.0. The van der Waals surface area contributed by atoms with Crippen molar-refractivity contribution in [1.29, 1.82) is 0 Å². The lowest BCUT2D eigenvalue weighted by Crippen LogP contribution is -2.15. The number of rotatable bonds is 11. The number of halogens is 1. The number of non-ortho nitro benzene ring substituents is 1. The number of nitrogens with one attached hydrogen (secondary N) is 2. The maximum atomic E-state index is 12.8. The summed E-state index contributed by atoms with van der Waals surface area (Å²) in [5, 5.41) is 13.7. The number of nitro groups is 1. The van der Waals surface area contributed by atoms with Crippen molar-refractivity contribution in [1.82, 2.24) is 9.97 Å². The third kappa shape index (κ3) is 6.75. The van der Waals surface area contributed by atoms with Crippen molar-refractivity contribution in [3.63, 3.8) is 0 Å². The molecule has 2 aromatic carbocycles. The molecule has 0 unspecified atom stereocenters. The van der Waals surface area contributed by atoms with Crippen LogP contribution >= 0.6 is 11.6 Å². The summed E-state index contributed by atoms with van der Waals surface area (Å²) in [6, 6.07) is 13.2. The summed E-state index contributed by atoms with van der Waals surface area (Å²) in [6.07, 6.45) is 0. The maximum absolute atomic E-state index is 12.8. The number of methoxy groups -OCH3 is 2. The highest BCUT2D eigenvalue weighted by molar-refractivity contribution is 7.92. The van der Waals surface area contributed by atoms with Crippen molar-refractivity contribution >= 4 is 44.7 Å². The summed E-state index contributed by atoms with van der Waals surface area (Å²) in [6.45, 7) is -0.141. The molecule has 2 heterocycles. The van der Waals surface area contributed by atoms with Crippen LogP contribution in [-0.4, -0.2) is 43.4 Å². The van der Waals surface area contributed by atoms with Gasteiger partial charge in [0.1, 0.15) is 18.1 Å². The molecule has 0 aliphatic carbocycles. The number of amides is 1. The summed E-state index contributed by atoms with van der Waals surface area (Å²) in [5.41, 5.74) is 0.106. The Morgan fingerprint density at radius 3 is 2.48 bits per heavy atom. The van der Waals surface area contributed by atoms with Crippen LogP contribution in [0.5, 0.6) is 17.6 Å². The highest BCUT2D eigenvalue weighted by atomic mass is 35.5. The minimum atomic E-state index is -4.04. The fourth-order valence-corrected chi connectivity index (χ4v) is 4.37. The van der Waals surface area contributed by atoms with Crippen molar-refractivity contribution in [2.75, 3.05) is 24.3 Å². The molecule has 0 atom stereocenters. The zero-order chi connectivity index (χ0) is 28.9. The molecule has 0 saturated heterocycles. The Hall–Kier alpha value is -4.89. The predicted molar refractivity (Wildman–Crippen MR) is 141 cm³/mol. The van der Waals surface area contributed by atoms with Crippen LogP contribution in [0.3, 0.4) is 0 Å². The highest BCUT2D eigenvalue weighted by Crippen LogP contribution is 2.30. The third-order valence-electron chi connectivity index (χ3n) is 5.12. The van der Waals surface area contributed by atoms with Gasteiger partial charge in [-0.2, -0.15) is 9.97 Å². The fourth-order valence-electron chi connectivity index (χ4n) is 3.20. The molecule has 2 aromatic heterocycles. The number of carbonyl (C=O) groups excluding carboxylic acids is 1. The number of hydrogen-bond acceptors (Lipinski definition) is 11. The average molecular weight is 590 g/mol. The zero-order valence-corrected chi connectivity index (χ0v) is 22.4. The monoisotopic (exact) mass is 589 g/mol. The summed E-state index contributed by atoms with van der Waals surface area (Å²) >= 11 is 6.02. The quantitative estimate of drug-likeness (QED) is 0.188. The first kappa shape index (κ1) is 28.1. The molecule has 0 aliphatic heterocycles. The molecule has 4 aromatic rings. The van der Waals surface area contributed by atoms with Gasteiger partial charge in [0.05, 0.1) is 35.1 Å². The van der Waals surface area contributed by atoms with Crippen LogP contribution in [-0.2, 0) is 16.6 Å². The van der Waals surface area contributed by atoms with E-state index >= 15 is 0 Å². The first-order valence-corrected chi connectivity index (χ1v) is 13.0. The van der Waals surface area contributed by atoms with Crippen LogP contribution in [0.1, 0.15) is 16.3 Å². The number of nitro benzene ring substituents is 1. The van der Waals surface area contributed by atoms with E-state index in [0.29, 0.717) is 5.69 Å². The number of nitrogens with zero attached hydrogens (tertiary/aromatic N) is 3. The van der Waals surface area contributed by atoms with E-state index in [1.54, 1.807) is 0 Å². The number of hydrogen-bond donors (Lipinski definition) is 2. The Morgan fingerprint density at radius 1 is 1.05 bits per heavy atom. The fraction of sp³-hybridized carbons (Fsp3) is 0.125. The Bertz CT molecular complexity index is 1640. The van der Waals surface area contributed by atoms with Gasteiger partial charge in [-0.25, -0.2) is 8.42 Å². The van der Waals surface area contributed by atoms with Gasteiger partial charge in [-0.1, -0.05) is 11.6 Å². The Kier molecular flexibility index (Phi) is 8.35. The van der Waals surface area contributed by atoms with Gasteiger partial charge in [0.2, 0.25) is 5.88 Å². The van der Waals surface area contributed by atoms with E-state index in [2.05, 4.69) is 20.0 Å². The molecule has 0 radical (unpaired) electrons. The lowest BCUT2D eigenvalue weighted by atomic mass is 10.3. The largest absolute Gasteiger partial charge is 0.484 e. The second-order valence-corrected chi connectivity index (χ2v) is 9.88. The maximum Gasteiger partial charge on any atom is 0.321 e. The van der Waals surface area contributed by atoms with Gasteiger partial charge in [-0.15, -0.1) is 0 Å². The smallest absolute Gasteiger partial charge is 0.321 e. The number of aromatic nitrogens is 2. The standard InChI is InChI=1S/C24H20ClN5O9S/c1-36-22-12-21(27-24(28-22)37-2)29-40(34,35)17-7-3-14(4-8-17)26-23(31)19-10-6-16(39-19)13-38-20-11-15(30(32)33)5-9-18(20)25/h3-12H,13H2,1-2H3,(H,26,31)(H,27,28,29). The van der Waals surface area contributed by atoms with Gasteiger partial charge in [-0.05, 0) is 42.5 Å². The van der Waals surface area contributed by atoms with Crippen molar-refractivity contribution in [3.8, 4) is 17.6 Å². The van der Waals surface area contributed by atoms with Gasteiger partial charge in [-0.3, -0.25) is 19.6 Å². The number of carbonyl (C=O) groups is 1. The van der Waals surface area contributed by atoms with E-state index in [-0.39, 0.29) is 57.2 Å². The molecule has 0 saturated carbocycles. The van der Waals surface area contributed by atoms with Crippen LogP contribution in [0, 0.1) is 10.1 Å². The molecule has 2 N–H and O–H groups in total. The number of anilines is 2. The van der Waals surface area contributed by atoms with Gasteiger partial charge in [0, 0.05) is 17.8 Å². The van der Waals surface area contributed by atoms with Crippen molar-refractivity contribution in [2.45, 2.75) is 11.5 Å². The van der Waals surface area contributed by atoms with E-state index in [1.807, 2.05) is 0 Å². The number of ether oxygens (including phenoxy) is 3. The molecule has 14 nitrogen and oxygen atoms in total. The topological polar surface area (TPSA) is 185 Å². The lowest BCUT2D eigenvalue weighted by Gasteiger charge is -2.10. The van der Waals surface area contributed by atoms with Crippen LogP contribution in [0.25, 0.3) is 0 Å². The minimum absolute atomic E-state index is 0.0474. The minimum Gasteiger partial charge on any atom is -0.484 e. The van der Waals surface area contributed by atoms with Crippen molar-refractivity contribution < 1.29 is 36.8 Å². The van der Waals surface area contributed by atoms with Crippen molar-refractivity contribution in [2.24, 2.45) is 0 Å². The molecule has 0 bridgehead atoms. The summed E-state index contributed by atoms with van der Waals surface area (Å²) in [4.78, 5) is 30.7. The Balaban J connectivity index is 1.38. The molecule has 40 heavy (non-hydrogen) atoms. The second-order valence-electron chi connectivity index (χ2n) is 7.79. The van der Waals surface area contributed by atoms with Gasteiger partial charge >= 0.3 is 6.01 Å². The van der Waals surface area contributed by atoms with E-state index < -0.39 is 20.9 Å². The first-order chi connectivity index (χ1) is 19.1. The Morgan fingerprint density at radius 2 is 1.80 bits per heavy atom. The summed E-state index contributed by atoms with van der Waals surface area (Å²) in [7, 11) is -1.35. The van der Waals surface area contributed by atoms with E-state index in [4.69, 9.17) is 30.2 Å². The number of benzene rings is 2. The summed E-state index contributed by atoms with van der Waals surface area (Å²) in [5.74, 6) is -0.268. The summed E-state index contributed by atoms with van der Waals surface area (Å²) < 4.78 is 48.8. The molecule has 1 amide bonds. The third-order valence-corrected chi connectivity index (χ3v) is 6.80. The molecule has 0 spiro atoms. The van der Waals surface area contributed by atoms with Crippen LogP contribution in [0.4, 0.5) is 17.2 Å². The predicted octanol–water partition coefficient (Wildman–Crippen LogP) is 4.28. The van der Waals surface area contributed by atoms with Crippen molar-refractivity contribution in [3.05, 3.63) is 87.3 Å². The van der Waals surface area contributed by atoms with E-state index in [9.17, 15) is 23.3 Å². The molecule has 16 heteroatoms. The molecular formula is C24H20ClN5O9S. The molecule has 0 fully saturated rings. The van der Waals surface area contributed by atoms with Crippen LogP contribution in [0.2, 0.25) is 5.02 Å². The SMILES string of the molecule is COc1cc(NS(=O)(=O)c2ccc(NC(=O)c3ccc(COc4cc([N+](=O)[O-])ccc4Cl)o3)cc2)nc(OC)n1. The lowest BCUT2D eigenvalue weighted by molar-refractivity contribution is -0.384. The Labute approximate surface area is 232 Å². The van der Waals surface area contributed by atoms with Crippen LogP contribution < -0.4 is 24.2 Å². The van der Waals surface area contributed by atoms with Gasteiger partial charge in [0.25, 0.3) is 21.6 Å².